The minimum atomic E-state index is -1.02. The lowest BCUT2D eigenvalue weighted by Crippen LogP contribution is -2.38. The first-order valence-electron chi connectivity index (χ1n) is 11.9. The molecule has 2 aliphatic heterocycles. The summed E-state index contributed by atoms with van der Waals surface area (Å²) < 4.78 is 12.7. The van der Waals surface area contributed by atoms with Gasteiger partial charge in [-0.05, 0) is 29.7 Å². The minimum Gasteiger partial charge on any atom is -0.481 e. The highest BCUT2D eigenvalue weighted by Crippen LogP contribution is 2.38. The zero-order chi connectivity index (χ0) is 24.8. The van der Waals surface area contributed by atoms with Crippen molar-refractivity contribution in [1.82, 2.24) is 4.90 Å². The smallest absolute Gasteiger partial charge is 0.303 e. The van der Waals surface area contributed by atoms with Gasteiger partial charge in [-0.2, -0.15) is 0 Å². The number of aliphatic carboxylic acids is 1. The van der Waals surface area contributed by atoms with Gasteiger partial charge >= 0.3 is 5.97 Å². The van der Waals surface area contributed by atoms with Gasteiger partial charge < -0.3 is 30.1 Å². The second-order valence-corrected chi connectivity index (χ2v) is 9.12. The predicted octanol–water partition coefficient (Wildman–Crippen LogP) is 2.59. The number of hydrogen-bond acceptors (Lipinski definition) is 7. The summed E-state index contributed by atoms with van der Waals surface area (Å²) in [6.07, 6.45) is -0.276. The third-order valence-electron chi connectivity index (χ3n) is 6.33. The Bertz CT molecular complexity index is 1010. The van der Waals surface area contributed by atoms with E-state index in [0.717, 1.165) is 29.7 Å². The lowest BCUT2D eigenvalue weighted by atomic mass is 9.99. The van der Waals surface area contributed by atoms with Crippen LogP contribution in [0.25, 0.3) is 0 Å². The van der Waals surface area contributed by atoms with E-state index in [1.807, 2.05) is 30.3 Å². The maximum atomic E-state index is 12.1. The molecule has 2 aliphatic rings. The van der Waals surface area contributed by atoms with Crippen LogP contribution in [0.3, 0.4) is 0 Å². The SMILES string of the molecule is O=C(O)CCC(=O)Nc1cccc(C2OC(CN3CCC(O)C3)CC(c3ccc(CO)cc3)O2)c1. The molecular formula is C26H32N2O7. The number of carboxylic acids is 1. The second-order valence-electron chi connectivity index (χ2n) is 9.12. The number of benzene rings is 2. The van der Waals surface area contributed by atoms with Crippen LogP contribution in [0.1, 0.15) is 54.8 Å². The Morgan fingerprint density at radius 3 is 2.54 bits per heavy atom. The number of likely N-dealkylation sites (tertiary alicyclic amines) is 1. The molecule has 0 bridgehead atoms. The first-order valence-corrected chi connectivity index (χ1v) is 11.9. The summed E-state index contributed by atoms with van der Waals surface area (Å²) >= 11 is 0. The van der Waals surface area contributed by atoms with Crippen molar-refractivity contribution in [1.29, 1.82) is 0 Å². The Kier molecular flexibility index (Phi) is 8.48. The zero-order valence-electron chi connectivity index (χ0n) is 19.5. The molecule has 2 aromatic carbocycles. The van der Waals surface area contributed by atoms with Crippen LogP contribution in [0.4, 0.5) is 5.69 Å². The second kappa shape index (κ2) is 11.7. The van der Waals surface area contributed by atoms with Crippen LogP contribution in [0.15, 0.2) is 48.5 Å². The molecule has 0 radical (unpaired) electrons. The molecule has 2 aromatic rings. The van der Waals surface area contributed by atoms with Gasteiger partial charge in [0.05, 0.1) is 31.3 Å². The van der Waals surface area contributed by atoms with Crippen LogP contribution in [0.5, 0.6) is 0 Å². The minimum absolute atomic E-state index is 0.0254. The monoisotopic (exact) mass is 484 g/mol. The van der Waals surface area contributed by atoms with Crippen molar-refractivity contribution < 1.29 is 34.4 Å². The number of nitrogens with zero attached hydrogens (tertiary/aromatic N) is 1. The molecule has 4 unspecified atom stereocenters. The summed E-state index contributed by atoms with van der Waals surface area (Å²) in [6, 6.07) is 14.8. The Labute approximate surface area is 204 Å². The maximum absolute atomic E-state index is 12.1. The van der Waals surface area contributed by atoms with Gasteiger partial charge in [-0.15, -0.1) is 0 Å². The number of aliphatic hydroxyl groups is 2. The molecule has 1 amide bonds. The van der Waals surface area contributed by atoms with Crippen molar-refractivity contribution in [2.75, 3.05) is 25.0 Å². The highest BCUT2D eigenvalue weighted by atomic mass is 16.7. The van der Waals surface area contributed by atoms with Gasteiger partial charge in [-0.1, -0.05) is 36.4 Å². The number of hydrogen-bond donors (Lipinski definition) is 4. The van der Waals surface area contributed by atoms with Crippen molar-refractivity contribution in [2.24, 2.45) is 0 Å². The molecule has 188 valence electrons. The molecule has 4 N–H and O–H groups in total. The van der Waals surface area contributed by atoms with Crippen LogP contribution in [-0.4, -0.2) is 63.9 Å². The zero-order valence-corrected chi connectivity index (χ0v) is 19.5. The highest BCUT2D eigenvalue weighted by molar-refractivity contribution is 5.92. The molecule has 2 saturated heterocycles. The van der Waals surface area contributed by atoms with Gasteiger partial charge in [0.2, 0.25) is 5.91 Å². The number of amides is 1. The molecule has 4 rings (SSSR count). The number of β-amino-alcohol motifs (C(OH)–C–C–N with tert-alkyl or cyclic N) is 1. The van der Waals surface area contributed by atoms with Crippen molar-refractivity contribution in [3.05, 3.63) is 65.2 Å². The third-order valence-corrected chi connectivity index (χ3v) is 6.33. The van der Waals surface area contributed by atoms with E-state index in [9.17, 15) is 19.8 Å². The van der Waals surface area contributed by atoms with Crippen molar-refractivity contribution in [2.45, 2.75) is 56.9 Å². The van der Waals surface area contributed by atoms with Crippen LogP contribution in [-0.2, 0) is 25.7 Å². The molecule has 35 heavy (non-hydrogen) atoms. The standard InChI is InChI=1S/C26H32N2O7/c29-16-17-4-6-18(7-5-17)23-13-22(15-28-11-10-21(30)14-28)34-26(35-23)19-2-1-3-20(12-19)27-24(31)8-9-25(32)33/h1-7,12,21-23,26,29-30H,8-11,13-16H2,(H,27,31)(H,32,33). The van der Waals surface area contributed by atoms with E-state index in [-0.39, 0.29) is 43.7 Å². The average Bonchev–Trinajstić information content (AvgIpc) is 3.27. The molecule has 0 spiro atoms. The molecule has 9 nitrogen and oxygen atoms in total. The largest absolute Gasteiger partial charge is 0.481 e. The fraction of sp³-hybridized carbons (Fsp3) is 0.462. The first kappa shape index (κ1) is 25.3. The lowest BCUT2D eigenvalue weighted by Gasteiger charge is -2.38. The fourth-order valence-electron chi connectivity index (χ4n) is 4.51. The summed E-state index contributed by atoms with van der Waals surface area (Å²) in [5, 5.41) is 30.8. The Hall–Kier alpha value is -2.82. The molecule has 4 atom stereocenters. The van der Waals surface area contributed by atoms with E-state index in [2.05, 4.69) is 10.2 Å². The molecule has 0 saturated carbocycles. The first-order chi connectivity index (χ1) is 16.9. The number of carbonyl (C=O) groups is 2. The molecule has 0 aromatic heterocycles. The van der Waals surface area contributed by atoms with Gasteiger partial charge in [-0.3, -0.25) is 14.5 Å². The number of rotatable bonds is 9. The van der Waals surface area contributed by atoms with Crippen LogP contribution in [0, 0.1) is 0 Å². The normalized spacial score (nSPS) is 24.9. The average molecular weight is 485 g/mol. The van der Waals surface area contributed by atoms with Crippen LogP contribution >= 0.6 is 0 Å². The summed E-state index contributed by atoms with van der Waals surface area (Å²) in [4.78, 5) is 25.0. The molecule has 9 heteroatoms. The summed E-state index contributed by atoms with van der Waals surface area (Å²) in [5.74, 6) is -1.39. The van der Waals surface area contributed by atoms with E-state index in [1.165, 1.54) is 0 Å². The van der Waals surface area contributed by atoms with E-state index in [4.69, 9.17) is 14.6 Å². The number of carbonyl (C=O) groups excluding carboxylic acids is 1. The highest BCUT2D eigenvalue weighted by Gasteiger charge is 2.34. The molecular weight excluding hydrogens is 452 g/mol. The van der Waals surface area contributed by atoms with Gasteiger partial charge in [0.1, 0.15) is 0 Å². The van der Waals surface area contributed by atoms with E-state index >= 15 is 0 Å². The summed E-state index contributed by atoms with van der Waals surface area (Å²) in [5.41, 5.74) is 3.09. The van der Waals surface area contributed by atoms with Gasteiger partial charge in [0.15, 0.2) is 6.29 Å². The summed E-state index contributed by atoms with van der Waals surface area (Å²) in [6.45, 7) is 2.09. The van der Waals surface area contributed by atoms with Crippen LogP contribution in [0.2, 0.25) is 0 Å². The number of carboxylic acid groups (broad SMARTS) is 1. The van der Waals surface area contributed by atoms with Crippen molar-refractivity contribution in [3.63, 3.8) is 0 Å². The molecule has 0 aliphatic carbocycles. The topological polar surface area (TPSA) is 129 Å². The van der Waals surface area contributed by atoms with E-state index in [0.29, 0.717) is 25.2 Å². The Morgan fingerprint density at radius 1 is 1.06 bits per heavy atom. The Balaban J connectivity index is 1.50. The third kappa shape index (κ3) is 7.09. The Morgan fingerprint density at radius 2 is 1.86 bits per heavy atom. The summed E-state index contributed by atoms with van der Waals surface area (Å²) in [7, 11) is 0. The van der Waals surface area contributed by atoms with E-state index < -0.39 is 12.3 Å². The molecule has 2 fully saturated rings. The van der Waals surface area contributed by atoms with Crippen LogP contribution < -0.4 is 5.32 Å². The quantitative estimate of drug-likeness (QED) is 0.428. The van der Waals surface area contributed by atoms with Gasteiger partial charge in [-0.25, -0.2) is 0 Å². The van der Waals surface area contributed by atoms with Gasteiger partial charge in [0, 0.05) is 43.7 Å². The van der Waals surface area contributed by atoms with Crippen molar-refractivity contribution in [3.8, 4) is 0 Å². The van der Waals surface area contributed by atoms with Crippen molar-refractivity contribution >= 4 is 17.6 Å². The number of nitrogens with one attached hydrogen (secondary N) is 1. The number of ether oxygens (including phenoxy) is 2. The fourth-order valence-corrected chi connectivity index (χ4v) is 4.51. The number of anilines is 1. The van der Waals surface area contributed by atoms with Gasteiger partial charge in [0.25, 0.3) is 0 Å². The maximum Gasteiger partial charge on any atom is 0.303 e. The molecule has 2 heterocycles. The van der Waals surface area contributed by atoms with E-state index in [1.54, 1.807) is 18.2 Å². The lowest BCUT2D eigenvalue weighted by molar-refractivity contribution is -0.252. The number of aliphatic hydroxyl groups excluding tert-OH is 2. The predicted molar refractivity (Wildman–Crippen MR) is 127 cm³/mol.